The first kappa shape index (κ1) is 27.3. The van der Waals surface area contributed by atoms with Gasteiger partial charge in [0.25, 0.3) is 14.7 Å². The molecular weight excluding hydrogens is 498 g/mol. The predicted octanol–water partition coefficient (Wildman–Crippen LogP) is 6.68. The lowest BCUT2D eigenvalue weighted by Gasteiger charge is -2.40. The van der Waals surface area contributed by atoms with E-state index in [1.54, 1.807) is 0 Å². The summed E-state index contributed by atoms with van der Waals surface area (Å²) in [7, 11) is -6.82. The smallest absolute Gasteiger partial charge is 0.261 e. The maximum Gasteiger partial charge on any atom is 0.261 e. The molecule has 0 radical (unpaired) electrons. The molecular formula is C31H34O4P2. The standard InChI is InChI=1S/C31H34O4P2/c1-25(34-36(32,27-17-9-5-10-18-27)28-19-11-6-12-20-28)31(3,4)26(2)35-37(33,29-21-13-7-14-22-29)30-23-15-8-16-24-30/h5-26H,1-4H3. The van der Waals surface area contributed by atoms with E-state index in [4.69, 9.17) is 9.05 Å². The van der Waals surface area contributed by atoms with Crippen molar-refractivity contribution in [1.82, 2.24) is 0 Å². The van der Waals surface area contributed by atoms with Gasteiger partial charge in [0.1, 0.15) is 0 Å². The summed E-state index contributed by atoms with van der Waals surface area (Å²) >= 11 is 0. The van der Waals surface area contributed by atoms with E-state index in [1.807, 2.05) is 149 Å². The molecule has 0 aliphatic heterocycles. The van der Waals surface area contributed by atoms with Gasteiger partial charge < -0.3 is 9.05 Å². The Bertz CT molecular complexity index is 1180. The molecule has 0 heterocycles. The molecule has 6 heteroatoms. The molecule has 0 aliphatic carbocycles. The summed E-state index contributed by atoms with van der Waals surface area (Å²) in [5.74, 6) is 0. The Morgan fingerprint density at radius 3 is 0.919 bits per heavy atom. The lowest BCUT2D eigenvalue weighted by molar-refractivity contribution is 0.00302. The zero-order valence-corrected chi connectivity index (χ0v) is 23.5. The summed E-state index contributed by atoms with van der Waals surface area (Å²) in [6, 6.07) is 37.2. The molecule has 2 unspecified atom stereocenters. The van der Waals surface area contributed by atoms with Crippen molar-refractivity contribution in [2.45, 2.75) is 39.9 Å². The summed E-state index contributed by atoms with van der Waals surface area (Å²) in [6.07, 6.45) is -0.984. The first-order chi connectivity index (χ1) is 17.7. The van der Waals surface area contributed by atoms with E-state index in [2.05, 4.69) is 0 Å². The molecule has 37 heavy (non-hydrogen) atoms. The van der Waals surface area contributed by atoms with Crippen LogP contribution in [0, 0.1) is 5.41 Å². The van der Waals surface area contributed by atoms with Crippen LogP contribution in [0.5, 0.6) is 0 Å². The van der Waals surface area contributed by atoms with Crippen molar-refractivity contribution >= 4 is 36.0 Å². The van der Waals surface area contributed by atoms with Crippen LogP contribution in [0.25, 0.3) is 0 Å². The fourth-order valence-electron chi connectivity index (χ4n) is 4.09. The quantitative estimate of drug-likeness (QED) is 0.214. The van der Waals surface area contributed by atoms with Gasteiger partial charge in [-0.15, -0.1) is 0 Å². The third kappa shape index (κ3) is 5.74. The van der Waals surface area contributed by atoms with Gasteiger partial charge in [-0.2, -0.15) is 0 Å². The van der Waals surface area contributed by atoms with Crippen molar-refractivity contribution in [3.63, 3.8) is 0 Å². The highest BCUT2D eigenvalue weighted by Crippen LogP contribution is 2.52. The van der Waals surface area contributed by atoms with Crippen molar-refractivity contribution in [3.8, 4) is 0 Å². The molecule has 4 aromatic rings. The van der Waals surface area contributed by atoms with Gasteiger partial charge in [0.05, 0.1) is 12.2 Å². The van der Waals surface area contributed by atoms with E-state index in [0.717, 1.165) is 0 Å². The van der Waals surface area contributed by atoms with Gasteiger partial charge in [0.15, 0.2) is 0 Å². The van der Waals surface area contributed by atoms with Crippen LogP contribution in [0.4, 0.5) is 0 Å². The van der Waals surface area contributed by atoms with Crippen molar-refractivity contribution in [1.29, 1.82) is 0 Å². The summed E-state index contributed by atoms with van der Waals surface area (Å²) in [6.45, 7) is 7.83. The largest absolute Gasteiger partial charge is 0.318 e. The van der Waals surface area contributed by atoms with Gasteiger partial charge in [0.2, 0.25) is 0 Å². The molecule has 0 saturated heterocycles. The molecule has 0 N–H and O–H groups in total. The Morgan fingerprint density at radius 1 is 0.486 bits per heavy atom. The SMILES string of the molecule is CC(OP(=O)(c1ccccc1)c1ccccc1)C(C)(C)C(C)OP(=O)(c1ccccc1)c1ccccc1. The first-order valence-corrected chi connectivity index (χ1v) is 15.7. The van der Waals surface area contributed by atoms with Crippen LogP contribution in [0.2, 0.25) is 0 Å². The maximum absolute atomic E-state index is 14.5. The third-order valence-corrected chi connectivity index (χ3v) is 12.2. The molecule has 0 aromatic heterocycles. The van der Waals surface area contributed by atoms with Gasteiger partial charge in [-0.3, -0.25) is 9.13 Å². The molecule has 192 valence electrons. The van der Waals surface area contributed by atoms with Crippen LogP contribution in [-0.4, -0.2) is 12.2 Å². The van der Waals surface area contributed by atoms with Gasteiger partial charge in [-0.05, 0) is 62.4 Å². The molecule has 0 fully saturated rings. The maximum atomic E-state index is 14.5. The van der Waals surface area contributed by atoms with Crippen LogP contribution >= 0.6 is 14.7 Å². The van der Waals surface area contributed by atoms with E-state index in [9.17, 15) is 9.13 Å². The fraction of sp³-hybridized carbons (Fsp3) is 0.226. The number of rotatable bonds is 10. The molecule has 0 spiro atoms. The zero-order chi connectivity index (χ0) is 26.5. The van der Waals surface area contributed by atoms with E-state index in [-0.39, 0.29) is 0 Å². The minimum absolute atomic E-state index is 0.492. The second-order valence-electron chi connectivity index (χ2n) is 9.76. The number of benzene rings is 4. The van der Waals surface area contributed by atoms with Gasteiger partial charge >= 0.3 is 0 Å². The Balaban J connectivity index is 1.66. The zero-order valence-electron chi connectivity index (χ0n) is 21.7. The molecule has 2 atom stereocenters. The third-order valence-electron chi connectivity index (χ3n) is 7.09. The van der Waals surface area contributed by atoms with Crippen LogP contribution in [-0.2, 0) is 18.2 Å². The molecule has 4 aromatic carbocycles. The van der Waals surface area contributed by atoms with E-state index >= 15 is 0 Å². The van der Waals surface area contributed by atoms with Crippen molar-refractivity contribution in [2.24, 2.45) is 5.41 Å². The molecule has 0 amide bonds. The second kappa shape index (κ2) is 11.3. The summed E-state index contributed by atoms with van der Waals surface area (Å²) in [5, 5.41) is 2.54. The minimum Gasteiger partial charge on any atom is -0.318 e. The second-order valence-corrected chi connectivity index (χ2v) is 14.5. The van der Waals surface area contributed by atoms with E-state index < -0.39 is 32.4 Å². The number of hydrogen-bond acceptors (Lipinski definition) is 4. The van der Waals surface area contributed by atoms with Crippen LogP contribution in [0.15, 0.2) is 121 Å². The van der Waals surface area contributed by atoms with Gasteiger partial charge in [-0.25, -0.2) is 0 Å². The van der Waals surface area contributed by atoms with Crippen LogP contribution < -0.4 is 21.2 Å². The van der Waals surface area contributed by atoms with Crippen molar-refractivity contribution < 1.29 is 18.2 Å². The van der Waals surface area contributed by atoms with Crippen molar-refractivity contribution in [2.75, 3.05) is 0 Å². The summed E-state index contributed by atoms with van der Waals surface area (Å²) < 4.78 is 42.0. The highest BCUT2D eigenvalue weighted by Gasteiger charge is 2.43. The van der Waals surface area contributed by atoms with E-state index in [1.165, 1.54) is 0 Å². The Kier molecular flexibility index (Phi) is 8.36. The van der Waals surface area contributed by atoms with Crippen LogP contribution in [0.1, 0.15) is 27.7 Å². The molecule has 0 aliphatic rings. The summed E-state index contributed by atoms with van der Waals surface area (Å²) in [4.78, 5) is 0. The predicted molar refractivity (Wildman–Crippen MR) is 154 cm³/mol. The highest BCUT2D eigenvalue weighted by molar-refractivity contribution is 7.74. The first-order valence-electron chi connectivity index (χ1n) is 12.5. The van der Waals surface area contributed by atoms with Gasteiger partial charge in [0, 0.05) is 26.6 Å². The minimum atomic E-state index is -3.41. The number of hydrogen-bond donors (Lipinski definition) is 0. The average molecular weight is 533 g/mol. The lowest BCUT2D eigenvalue weighted by Crippen LogP contribution is -2.41. The van der Waals surface area contributed by atoms with Gasteiger partial charge in [-0.1, -0.05) is 86.6 Å². The summed E-state index contributed by atoms with van der Waals surface area (Å²) in [5.41, 5.74) is -0.640. The molecule has 4 rings (SSSR count). The fourth-order valence-corrected chi connectivity index (χ4v) is 8.86. The topological polar surface area (TPSA) is 52.6 Å². The normalized spacial score (nSPS) is 14.2. The molecule has 4 nitrogen and oxygen atoms in total. The van der Waals surface area contributed by atoms with Crippen LogP contribution in [0.3, 0.4) is 0 Å². The molecule has 0 bridgehead atoms. The van der Waals surface area contributed by atoms with E-state index in [0.29, 0.717) is 21.2 Å². The monoisotopic (exact) mass is 532 g/mol. The Morgan fingerprint density at radius 2 is 0.703 bits per heavy atom. The highest BCUT2D eigenvalue weighted by atomic mass is 31.2. The van der Waals surface area contributed by atoms with Crippen molar-refractivity contribution in [3.05, 3.63) is 121 Å². The average Bonchev–Trinajstić information content (AvgIpc) is 2.94. The lowest BCUT2D eigenvalue weighted by atomic mass is 9.82. The molecule has 0 saturated carbocycles. The Labute approximate surface area is 220 Å². The Hall–Kier alpha value is -2.74.